The van der Waals surface area contributed by atoms with Gasteiger partial charge in [0.05, 0.1) is 0 Å². The summed E-state index contributed by atoms with van der Waals surface area (Å²) in [5.41, 5.74) is 0.609. The van der Waals surface area contributed by atoms with Crippen molar-refractivity contribution < 1.29 is 0 Å². The molecular formula is C16H34N2. The summed E-state index contributed by atoms with van der Waals surface area (Å²) in [7, 11) is 0. The molecule has 18 heavy (non-hydrogen) atoms. The zero-order valence-electron chi connectivity index (χ0n) is 13.3. The van der Waals surface area contributed by atoms with Crippen molar-refractivity contribution in [3.63, 3.8) is 0 Å². The van der Waals surface area contributed by atoms with E-state index in [1.165, 1.54) is 38.8 Å². The van der Waals surface area contributed by atoms with Crippen molar-refractivity contribution in [3.8, 4) is 0 Å². The second-order valence-corrected chi connectivity index (χ2v) is 6.44. The number of rotatable bonds is 8. The molecule has 108 valence electrons. The molecule has 0 spiro atoms. The lowest BCUT2D eigenvalue weighted by Gasteiger charge is -2.34. The lowest BCUT2D eigenvalue weighted by molar-refractivity contribution is 0.156. The van der Waals surface area contributed by atoms with Gasteiger partial charge in [0.15, 0.2) is 0 Å². The molecule has 1 rings (SSSR count). The summed E-state index contributed by atoms with van der Waals surface area (Å²) < 4.78 is 0. The normalized spacial score (nSPS) is 21.7. The van der Waals surface area contributed by atoms with Gasteiger partial charge in [-0.15, -0.1) is 0 Å². The van der Waals surface area contributed by atoms with Gasteiger partial charge in [-0.05, 0) is 50.1 Å². The maximum Gasteiger partial charge on any atom is 0.0243 e. The standard InChI is InChI=1S/C16H34N2/c1-6-10-17-12-15(14(4)5)18-11-9-16(7-2,8-3)13-18/h14-15,17H,6-13H2,1-5H3. The summed E-state index contributed by atoms with van der Waals surface area (Å²) in [6.45, 7) is 16.7. The summed E-state index contributed by atoms with van der Waals surface area (Å²) in [4.78, 5) is 2.75. The SMILES string of the molecule is CCCNCC(C(C)C)N1CCC(CC)(CC)C1. The van der Waals surface area contributed by atoms with Gasteiger partial charge < -0.3 is 5.32 Å². The highest BCUT2D eigenvalue weighted by Gasteiger charge is 2.38. The van der Waals surface area contributed by atoms with Gasteiger partial charge in [-0.2, -0.15) is 0 Å². The minimum atomic E-state index is 0.609. The molecular weight excluding hydrogens is 220 g/mol. The average molecular weight is 254 g/mol. The van der Waals surface area contributed by atoms with Crippen LogP contribution in [0.15, 0.2) is 0 Å². The topological polar surface area (TPSA) is 15.3 Å². The van der Waals surface area contributed by atoms with Gasteiger partial charge in [0.1, 0.15) is 0 Å². The Morgan fingerprint density at radius 1 is 1.17 bits per heavy atom. The molecule has 0 radical (unpaired) electrons. The molecule has 0 aromatic heterocycles. The molecule has 1 N–H and O–H groups in total. The van der Waals surface area contributed by atoms with E-state index in [4.69, 9.17) is 0 Å². The van der Waals surface area contributed by atoms with Crippen molar-refractivity contribution in [1.29, 1.82) is 0 Å². The van der Waals surface area contributed by atoms with E-state index in [9.17, 15) is 0 Å². The van der Waals surface area contributed by atoms with Crippen molar-refractivity contribution in [2.45, 2.75) is 66.3 Å². The van der Waals surface area contributed by atoms with E-state index in [2.05, 4.69) is 44.8 Å². The van der Waals surface area contributed by atoms with Crippen LogP contribution in [0.2, 0.25) is 0 Å². The van der Waals surface area contributed by atoms with Gasteiger partial charge in [0, 0.05) is 19.1 Å². The van der Waals surface area contributed by atoms with Gasteiger partial charge in [-0.1, -0.05) is 34.6 Å². The fourth-order valence-corrected chi connectivity index (χ4v) is 3.29. The van der Waals surface area contributed by atoms with E-state index in [-0.39, 0.29) is 0 Å². The van der Waals surface area contributed by atoms with Crippen LogP contribution < -0.4 is 5.32 Å². The molecule has 1 aliphatic rings. The Kier molecular flexibility index (Phi) is 6.65. The molecule has 1 aliphatic heterocycles. The van der Waals surface area contributed by atoms with Gasteiger partial charge in [-0.25, -0.2) is 0 Å². The lowest BCUT2D eigenvalue weighted by Crippen LogP contribution is -2.45. The van der Waals surface area contributed by atoms with Gasteiger partial charge in [0.25, 0.3) is 0 Å². The van der Waals surface area contributed by atoms with Gasteiger partial charge in [-0.3, -0.25) is 4.90 Å². The highest BCUT2D eigenvalue weighted by molar-refractivity contribution is 4.92. The zero-order valence-corrected chi connectivity index (χ0v) is 13.3. The second-order valence-electron chi connectivity index (χ2n) is 6.44. The first-order valence-corrected chi connectivity index (χ1v) is 8.03. The van der Waals surface area contributed by atoms with Crippen LogP contribution in [0.25, 0.3) is 0 Å². The Labute approximate surface area is 115 Å². The summed E-state index contributed by atoms with van der Waals surface area (Å²) in [6.07, 6.45) is 5.32. The quantitative estimate of drug-likeness (QED) is 0.667. The predicted octanol–water partition coefficient (Wildman–Crippen LogP) is 3.52. The molecule has 0 aromatic rings. The van der Waals surface area contributed by atoms with E-state index in [1.807, 2.05) is 0 Å². The third-order valence-electron chi connectivity index (χ3n) is 4.99. The van der Waals surface area contributed by atoms with E-state index in [0.29, 0.717) is 5.41 Å². The minimum absolute atomic E-state index is 0.609. The van der Waals surface area contributed by atoms with Crippen LogP contribution in [0, 0.1) is 11.3 Å². The van der Waals surface area contributed by atoms with Crippen LogP contribution in [0.5, 0.6) is 0 Å². The smallest absolute Gasteiger partial charge is 0.0243 e. The average Bonchev–Trinajstić information content (AvgIpc) is 2.79. The Bertz CT molecular complexity index is 221. The zero-order chi connectivity index (χ0) is 13.6. The molecule has 1 saturated heterocycles. The Balaban J connectivity index is 2.54. The van der Waals surface area contributed by atoms with Gasteiger partial charge >= 0.3 is 0 Å². The van der Waals surface area contributed by atoms with Crippen molar-refractivity contribution >= 4 is 0 Å². The lowest BCUT2D eigenvalue weighted by atomic mass is 9.82. The van der Waals surface area contributed by atoms with E-state index < -0.39 is 0 Å². The largest absolute Gasteiger partial charge is 0.315 e. The molecule has 0 amide bonds. The highest BCUT2D eigenvalue weighted by Crippen LogP contribution is 2.38. The molecule has 1 fully saturated rings. The van der Waals surface area contributed by atoms with Crippen molar-refractivity contribution in [1.82, 2.24) is 10.2 Å². The summed E-state index contributed by atoms with van der Waals surface area (Å²) in [6, 6.07) is 0.719. The number of nitrogens with one attached hydrogen (secondary N) is 1. The minimum Gasteiger partial charge on any atom is -0.315 e. The maximum absolute atomic E-state index is 3.62. The molecule has 1 atom stereocenters. The first-order chi connectivity index (χ1) is 8.58. The van der Waals surface area contributed by atoms with Crippen molar-refractivity contribution in [2.75, 3.05) is 26.2 Å². The first kappa shape index (κ1) is 16.0. The third-order valence-corrected chi connectivity index (χ3v) is 4.99. The summed E-state index contributed by atoms with van der Waals surface area (Å²) >= 11 is 0. The summed E-state index contributed by atoms with van der Waals surface area (Å²) in [5, 5.41) is 3.62. The molecule has 1 heterocycles. The summed E-state index contributed by atoms with van der Waals surface area (Å²) in [5.74, 6) is 0.749. The third kappa shape index (κ3) is 3.96. The fourth-order valence-electron chi connectivity index (χ4n) is 3.29. The van der Waals surface area contributed by atoms with Crippen LogP contribution in [-0.2, 0) is 0 Å². The fraction of sp³-hybridized carbons (Fsp3) is 1.00. The monoisotopic (exact) mass is 254 g/mol. The molecule has 2 heteroatoms. The van der Waals surface area contributed by atoms with E-state index in [0.717, 1.165) is 25.0 Å². The predicted molar refractivity (Wildman–Crippen MR) is 81.0 cm³/mol. The second kappa shape index (κ2) is 7.49. The Hall–Kier alpha value is -0.0800. The molecule has 0 saturated carbocycles. The Morgan fingerprint density at radius 3 is 2.28 bits per heavy atom. The highest BCUT2D eigenvalue weighted by atomic mass is 15.2. The Morgan fingerprint density at radius 2 is 1.83 bits per heavy atom. The van der Waals surface area contributed by atoms with E-state index in [1.54, 1.807) is 0 Å². The molecule has 0 aliphatic carbocycles. The maximum atomic E-state index is 3.62. The van der Waals surface area contributed by atoms with Crippen molar-refractivity contribution in [3.05, 3.63) is 0 Å². The van der Waals surface area contributed by atoms with Gasteiger partial charge in [0.2, 0.25) is 0 Å². The molecule has 0 aromatic carbocycles. The number of likely N-dealkylation sites (tertiary alicyclic amines) is 1. The van der Waals surface area contributed by atoms with E-state index >= 15 is 0 Å². The van der Waals surface area contributed by atoms with Crippen LogP contribution in [0.3, 0.4) is 0 Å². The van der Waals surface area contributed by atoms with Crippen molar-refractivity contribution in [2.24, 2.45) is 11.3 Å². The number of nitrogens with zero attached hydrogens (tertiary/aromatic N) is 1. The number of hydrogen-bond acceptors (Lipinski definition) is 2. The van der Waals surface area contributed by atoms with Crippen LogP contribution >= 0.6 is 0 Å². The molecule has 1 unspecified atom stereocenters. The molecule has 2 nitrogen and oxygen atoms in total. The molecule has 0 bridgehead atoms. The van der Waals surface area contributed by atoms with Crippen LogP contribution in [-0.4, -0.2) is 37.1 Å². The van der Waals surface area contributed by atoms with Crippen LogP contribution in [0.1, 0.15) is 60.3 Å². The number of hydrogen-bond donors (Lipinski definition) is 1. The first-order valence-electron chi connectivity index (χ1n) is 8.03. The van der Waals surface area contributed by atoms with Crippen LogP contribution in [0.4, 0.5) is 0 Å².